The molecule has 184 valence electrons. The Labute approximate surface area is 201 Å². The lowest BCUT2D eigenvalue weighted by atomic mass is 9.60. The van der Waals surface area contributed by atoms with Crippen molar-refractivity contribution < 1.29 is 30.0 Å². The summed E-state index contributed by atoms with van der Waals surface area (Å²) in [5, 5.41) is 44.9. The van der Waals surface area contributed by atoms with E-state index in [9.17, 15) is 25.2 Å². The average molecular weight is 469 g/mol. The highest BCUT2D eigenvalue weighted by atomic mass is 16.6. The minimum absolute atomic E-state index is 0.00398. The zero-order valence-corrected chi connectivity index (χ0v) is 20.4. The SMILES string of the molecule is CC1=CC2C(O)(CC(CO)=CC3C4C(C)(C)C4(OC(O)Cc4ccccc4)CC(C)C32O)C1=O. The molecule has 1 aromatic carbocycles. The Hall–Kier alpha value is -1.83. The number of rotatable bonds is 5. The first kappa shape index (κ1) is 23.9. The number of hydrogen-bond donors (Lipinski definition) is 4. The van der Waals surface area contributed by atoms with Crippen LogP contribution in [0.1, 0.15) is 46.1 Å². The van der Waals surface area contributed by atoms with Crippen molar-refractivity contribution in [1.29, 1.82) is 0 Å². The van der Waals surface area contributed by atoms with Gasteiger partial charge in [0.15, 0.2) is 12.1 Å². The predicted molar refractivity (Wildman–Crippen MR) is 126 cm³/mol. The van der Waals surface area contributed by atoms with Gasteiger partial charge in [-0.3, -0.25) is 4.79 Å². The lowest BCUT2D eigenvalue weighted by Gasteiger charge is -2.50. The van der Waals surface area contributed by atoms with Crippen molar-refractivity contribution in [2.75, 3.05) is 6.61 Å². The second-order valence-electron chi connectivity index (χ2n) is 11.6. The molecule has 34 heavy (non-hydrogen) atoms. The summed E-state index contributed by atoms with van der Waals surface area (Å²) >= 11 is 0. The first-order valence-corrected chi connectivity index (χ1v) is 12.3. The number of fused-ring (bicyclic) bond motifs is 5. The summed E-state index contributed by atoms with van der Waals surface area (Å²) < 4.78 is 6.43. The third-order valence-electron chi connectivity index (χ3n) is 9.47. The summed E-state index contributed by atoms with van der Waals surface area (Å²) in [5.74, 6) is -2.04. The lowest BCUT2D eigenvalue weighted by molar-refractivity contribution is -0.211. The largest absolute Gasteiger partial charge is 0.392 e. The van der Waals surface area contributed by atoms with E-state index >= 15 is 0 Å². The summed E-state index contributed by atoms with van der Waals surface area (Å²) in [5.41, 5.74) is -2.16. The molecule has 1 aromatic rings. The molecule has 8 atom stereocenters. The second kappa shape index (κ2) is 7.58. The fourth-order valence-electron chi connectivity index (χ4n) is 7.73. The van der Waals surface area contributed by atoms with Crippen LogP contribution in [-0.4, -0.2) is 55.9 Å². The van der Waals surface area contributed by atoms with Gasteiger partial charge in [0.2, 0.25) is 0 Å². The number of Topliss-reactive ketones (excluding diaryl/α,β-unsaturated/α-hetero) is 1. The molecule has 6 nitrogen and oxygen atoms in total. The Morgan fingerprint density at radius 2 is 1.82 bits per heavy atom. The number of carbonyl (C=O) groups is 1. The molecule has 0 saturated heterocycles. The van der Waals surface area contributed by atoms with E-state index in [2.05, 4.69) is 13.8 Å². The van der Waals surface area contributed by atoms with E-state index < -0.39 is 34.9 Å². The first-order chi connectivity index (χ1) is 15.9. The number of hydrogen-bond acceptors (Lipinski definition) is 6. The highest BCUT2D eigenvalue weighted by Crippen LogP contribution is 2.76. The van der Waals surface area contributed by atoms with Gasteiger partial charge in [0.05, 0.1) is 17.8 Å². The quantitative estimate of drug-likeness (QED) is 0.391. The minimum Gasteiger partial charge on any atom is -0.392 e. The highest BCUT2D eigenvalue weighted by Gasteiger charge is 2.82. The number of benzene rings is 1. The molecule has 2 fully saturated rings. The van der Waals surface area contributed by atoms with Crippen molar-refractivity contribution in [1.82, 2.24) is 0 Å². The fraction of sp³-hybridized carbons (Fsp3) is 0.607. The molecule has 0 bridgehead atoms. The van der Waals surface area contributed by atoms with Crippen LogP contribution in [0.25, 0.3) is 0 Å². The van der Waals surface area contributed by atoms with E-state index in [0.717, 1.165) is 5.56 Å². The zero-order chi connectivity index (χ0) is 24.7. The van der Waals surface area contributed by atoms with Gasteiger partial charge in [-0.2, -0.15) is 0 Å². The molecular formula is C28H36O6. The number of carbonyl (C=O) groups excluding carboxylic acids is 1. The summed E-state index contributed by atoms with van der Waals surface area (Å²) in [4.78, 5) is 13.0. The van der Waals surface area contributed by atoms with Crippen LogP contribution in [0.15, 0.2) is 53.6 Å². The predicted octanol–water partition coefficient (Wildman–Crippen LogP) is 2.54. The van der Waals surface area contributed by atoms with Crippen molar-refractivity contribution in [3.8, 4) is 0 Å². The number of ether oxygens (including phenoxy) is 1. The molecule has 0 heterocycles. The number of aliphatic hydroxyl groups is 4. The van der Waals surface area contributed by atoms with Gasteiger partial charge in [-0.25, -0.2) is 0 Å². The zero-order valence-electron chi connectivity index (χ0n) is 20.4. The molecule has 4 aliphatic carbocycles. The molecule has 5 rings (SSSR count). The van der Waals surface area contributed by atoms with Gasteiger partial charge in [0.25, 0.3) is 0 Å². The van der Waals surface area contributed by atoms with Gasteiger partial charge in [0.1, 0.15) is 5.60 Å². The standard InChI is InChI=1S/C28H36O6/c1-16-10-21-26(32,24(16)31)14-19(15-29)11-20-23-25(3,4)27(23,13-17(2)28(20,21)33)34-22(30)12-18-8-6-5-7-9-18/h5-11,17,20-23,29-30,32-33H,12-15H2,1-4H3. The van der Waals surface area contributed by atoms with E-state index in [4.69, 9.17) is 4.74 Å². The third-order valence-corrected chi connectivity index (χ3v) is 9.47. The van der Waals surface area contributed by atoms with Crippen LogP contribution in [0.4, 0.5) is 0 Å². The first-order valence-electron chi connectivity index (χ1n) is 12.3. The molecule has 0 spiro atoms. The molecule has 0 radical (unpaired) electrons. The maximum atomic E-state index is 13.0. The summed E-state index contributed by atoms with van der Waals surface area (Å²) in [6.07, 6.45) is 3.48. The lowest BCUT2D eigenvalue weighted by Crippen LogP contribution is -2.61. The van der Waals surface area contributed by atoms with Crippen LogP contribution in [-0.2, 0) is 16.0 Å². The summed E-state index contributed by atoms with van der Waals surface area (Å²) in [6.45, 7) is 7.51. The van der Waals surface area contributed by atoms with E-state index in [-0.39, 0.29) is 36.1 Å². The van der Waals surface area contributed by atoms with E-state index in [1.165, 1.54) is 0 Å². The van der Waals surface area contributed by atoms with Gasteiger partial charge >= 0.3 is 0 Å². The molecule has 6 heteroatoms. The van der Waals surface area contributed by atoms with Crippen LogP contribution in [0.2, 0.25) is 0 Å². The third kappa shape index (κ3) is 3.02. The van der Waals surface area contributed by atoms with Gasteiger partial charge in [0, 0.05) is 36.0 Å². The van der Waals surface area contributed by atoms with Crippen LogP contribution in [0.3, 0.4) is 0 Å². The van der Waals surface area contributed by atoms with Crippen molar-refractivity contribution in [2.24, 2.45) is 29.1 Å². The normalized spacial score (nSPS) is 43.1. The van der Waals surface area contributed by atoms with Crippen molar-refractivity contribution in [2.45, 2.75) is 70.1 Å². The Morgan fingerprint density at radius 3 is 2.47 bits per heavy atom. The molecule has 8 unspecified atom stereocenters. The Bertz CT molecular complexity index is 1060. The number of aliphatic hydroxyl groups excluding tert-OH is 2. The summed E-state index contributed by atoms with van der Waals surface area (Å²) in [6, 6.07) is 9.70. The molecule has 4 aliphatic rings. The fourth-order valence-corrected chi connectivity index (χ4v) is 7.73. The Kier molecular flexibility index (Phi) is 5.33. The van der Waals surface area contributed by atoms with E-state index in [1.54, 1.807) is 13.0 Å². The van der Waals surface area contributed by atoms with Crippen molar-refractivity contribution >= 4 is 5.78 Å². The molecule has 0 aliphatic heterocycles. The topological polar surface area (TPSA) is 107 Å². The van der Waals surface area contributed by atoms with Crippen LogP contribution in [0, 0.1) is 29.1 Å². The average Bonchev–Trinajstić information content (AvgIpc) is 3.18. The molecule has 0 aromatic heterocycles. The minimum atomic E-state index is -1.76. The van der Waals surface area contributed by atoms with Crippen LogP contribution >= 0.6 is 0 Å². The van der Waals surface area contributed by atoms with Crippen molar-refractivity contribution in [3.63, 3.8) is 0 Å². The molecule has 2 saturated carbocycles. The van der Waals surface area contributed by atoms with E-state index in [0.29, 0.717) is 24.0 Å². The summed E-state index contributed by atoms with van der Waals surface area (Å²) in [7, 11) is 0. The maximum absolute atomic E-state index is 13.0. The monoisotopic (exact) mass is 468 g/mol. The van der Waals surface area contributed by atoms with Crippen molar-refractivity contribution in [3.05, 3.63) is 59.2 Å². The van der Waals surface area contributed by atoms with Gasteiger partial charge in [-0.15, -0.1) is 0 Å². The maximum Gasteiger partial charge on any atom is 0.190 e. The van der Waals surface area contributed by atoms with Gasteiger partial charge < -0.3 is 25.2 Å². The van der Waals surface area contributed by atoms with E-state index in [1.807, 2.05) is 43.3 Å². The Balaban J connectivity index is 1.53. The van der Waals surface area contributed by atoms with Crippen LogP contribution in [0.5, 0.6) is 0 Å². The number of ketones is 1. The second-order valence-corrected chi connectivity index (χ2v) is 11.6. The molecule has 4 N–H and O–H groups in total. The molecule has 0 amide bonds. The van der Waals surface area contributed by atoms with Gasteiger partial charge in [-0.1, -0.05) is 63.3 Å². The highest BCUT2D eigenvalue weighted by molar-refractivity contribution is 6.04. The Morgan fingerprint density at radius 1 is 1.15 bits per heavy atom. The van der Waals surface area contributed by atoms with Crippen LogP contribution < -0.4 is 0 Å². The van der Waals surface area contributed by atoms with Gasteiger partial charge in [-0.05, 0) is 36.0 Å². The molecular weight excluding hydrogens is 432 g/mol. The smallest absolute Gasteiger partial charge is 0.190 e.